The van der Waals surface area contributed by atoms with Crippen LogP contribution in [0.5, 0.6) is 5.75 Å². The van der Waals surface area contributed by atoms with Crippen LogP contribution in [0.3, 0.4) is 0 Å². The zero-order chi connectivity index (χ0) is 17.5. The minimum absolute atomic E-state index is 0.0781. The van der Waals surface area contributed by atoms with Crippen LogP contribution in [0.4, 0.5) is 0 Å². The molecule has 1 aliphatic heterocycles. The lowest BCUT2D eigenvalue weighted by Crippen LogP contribution is -2.40. The Hall–Kier alpha value is -2.27. The summed E-state index contributed by atoms with van der Waals surface area (Å²) in [6.07, 6.45) is 5.36. The Kier molecular flexibility index (Phi) is 6.12. The fourth-order valence-electron chi connectivity index (χ4n) is 3.31. The number of nitrogens with zero attached hydrogens (tertiary/aromatic N) is 1. The number of nitrogens with one attached hydrogen (secondary N) is 1. The molecule has 0 bridgehead atoms. The second-order valence-corrected chi connectivity index (χ2v) is 6.30. The minimum Gasteiger partial charge on any atom is -0.494 e. The van der Waals surface area contributed by atoms with Crippen molar-refractivity contribution in [3.63, 3.8) is 0 Å². The van der Waals surface area contributed by atoms with Gasteiger partial charge in [-0.3, -0.25) is 9.69 Å². The van der Waals surface area contributed by atoms with Gasteiger partial charge in [-0.1, -0.05) is 12.5 Å². The van der Waals surface area contributed by atoms with Gasteiger partial charge in [-0.2, -0.15) is 0 Å². The molecule has 134 valence electrons. The molecule has 1 amide bonds. The molecular weight excluding hydrogens is 316 g/mol. The molecule has 0 spiro atoms. The number of piperidine rings is 1. The molecule has 2 heterocycles. The number of benzene rings is 1. The summed E-state index contributed by atoms with van der Waals surface area (Å²) in [6.45, 7) is 5.13. The van der Waals surface area contributed by atoms with Gasteiger partial charge in [0.15, 0.2) is 0 Å². The van der Waals surface area contributed by atoms with Crippen LogP contribution in [0.25, 0.3) is 0 Å². The highest BCUT2D eigenvalue weighted by Crippen LogP contribution is 2.24. The van der Waals surface area contributed by atoms with Gasteiger partial charge in [0, 0.05) is 12.1 Å². The molecule has 0 unspecified atom stereocenters. The van der Waals surface area contributed by atoms with Gasteiger partial charge in [-0.05, 0) is 63.2 Å². The van der Waals surface area contributed by atoms with Crippen molar-refractivity contribution in [2.24, 2.45) is 0 Å². The molecule has 5 nitrogen and oxygen atoms in total. The Morgan fingerprint density at radius 3 is 2.80 bits per heavy atom. The number of furan rings is 1. The molecule has 1 N–H and O–H groups in total. The van der Waals surface area contributed by atoms with E-state index < -0.39 is 0 Å². The minimum atomic E-state index is -0.0879. The van der Waals surface area contributed by atoms with Gasteiger partial charge in [0.05, 0.1) is 18.9 Å². The van der Waals surface area contributed by atoms with Gasteiger partial charge in [0.2, 0.25) is 0 Å². The van der Waals surface area contributed by atoms with Gasteiger partial charge in [-0.15, -0.1) is 0 Å². The van der Waals surface area contributed by atoms with Gasteiger partial charge in [0.1, 0.15) is 11.5 Å². The fourth-order valence-corrected chi connectivity index (χ4v) is 3.31. The highest BCUT2D eigenvalue weighted by Gasteiger charge is 2.25. The van der Waals surface area contributed by atoms with Crippen LogP contribution in [0.15, 0.2) is 47.1 Å². The summed E-state index contributed by atoms with van der Waals surface area (Å²) in [5.74, 6) is 1.54. The second kappa shape index (κ2) is 8.72. The van der Waals surface area contributed by atoms with E-state index in [1.54, 1.807) is 18.4 Å². The Bertz CT molecular complexity index is 663. The molecule has 25 heavy (non-hydrogen) atoms. The van der Waals surface area contributed by atoms with Crippen LogP contribution >= 0.6 is 0 Å². The summed E-state index contributed by atoms with van der Waals surface area (Å²) in [5, 5.41) is 3.06. The largest absolute Gasteiger partial charge is 0.494 e. The molecule has 0 aliphatic carbocycles. The lowest BCUT2D eigenvalue weighted by atomic mass is 10.1. The zero-order valence-corrected chi connectivity index (χ0v) is 14.7. The van der Waals surface area contributed by atoms with Crippen LogP contribution in [0.2, 0.25) is 0 Å². The quantitative estimate of drug-likeness (QED) is 0.835. The van der Waals surface area contributed by atoms with Crippen molar-refractivity contribution in [3.8, 4) is 5.75 Å². The number of amides is 1. The second-order valence-electron chi connectivity index (χ2n) is 6.30. The fraction of sp³-hybridized carbons (Fsp3) is 0.450. The average Bonchev–Trinajstić information content (AvgIpc) is 3.18. The molecule has 1 saturated heterocycles. The number of ether oxygens (including phenoxy) is 1. The normalized spacial score (nSPS) is 16.4. The van der Waals surface area contributed by atoms with Gasteiger partial charge in [0.25, 0.3) is 5.91 Å². The lowest BCUT2D eigenvalue weighted by molar-refractivity contribution is 0.0913. The van der Waals surface area contributed by atoms with E-state index in [0.29, 0.717) is 24.5 Å². The molecule has 0 saturated carbocycles. The van der Waals surface area contributed by atoms with Crippen molar-refractivity contribution in [1.82, 2.24) is 10.2 Å². The van der Waals surface area contributed by atoms with E-state index in [4.69, 9.17) is 9.15 Å². The molecule has 5 heteroatoms. The van der Waals surface area contributed by atoms with Crippen LogP contribution in [-0.2, 0) is 0 Å². The van der Waals surface area contributed by atoms with E-state index in [0.717, 1.165) is 18.8 Å². The van der Waals surface area contributed by atoms with Crippen LogP contribution in [-0.4, -0.2) is 37.0 Å². The predicted molar refractivity (Wildman–Crippen MR) is 96.8 cm³/mol. The zero-order valence-electron chi connectivity index (χ0n) is 14.7. The molecule has 3 rings (SSSR count). The van der Waals surface area contributed by atoms with E-state index in [9.17, 15) is 4.79 Å². The summed E-state index contributed by atoms with van der Waals surface area (Å²) >= 11 is 0. The number of likely N-dealkylation sites (tertiary alicyclic amines) is 1. The molecule has 1 aromatic heterocycles. The summed E-state index contributed by atoms with van der Waals surface area (Å²) in [6, 6.07) is 11.3. The number of hydrogen-bond donors (Lipinski definition) is 1. The van der Waals surface area contributed by atoms with Crippen molar-refractivity contribution in [3.05, 3.63) is 54.0 Å². The molecule has 1 aliphatic rings. The maximum absolute atomic E-state index is 12.5. The van der Waals surface area contributed by atoms with Gasteiger partial charge >= 0.3 is 0 Å². The first-order valence-electron chi connectivity index (χ1n) is 9.06. The van der Waals surface area contributed by atoms with Crippen LogP contribution < -0.4 is 10.1 Å². The Labute approximate surface area is 149 Å². The van der Waals surface area contributed by atoms with E-state index in [2.05, 4.69) is 10.2 Å². The van der Waals surface area contributed by atoms with Gasteiger partial charge in [-0.25, -0.2) is 0 Å². The Morgan fingerprint density at radius 1 is 1.24 bits per heavy atom. The standard InChI is InChI=1S/C20H26N2O3/c1-2-24-17-9-6-8-16(14-17)20(23)21-15-18(19-10-7-13-25-19)22-11-4-3-5-12-22/h6-10,13-14,18H,2-5,11-12,15H2,1H3,(H,21,23)/t18-/m0/s1. The highest BCUT2D eigenvalue weighted by atomic mass is 16.5. The first-order valence-corrected chi connectivity index (χ1v) is 9.06. The number of carbonyl (C=O) groups is 1. The molecule has 1 aromatic carbocycles. The summed E-state index contributed by atoms with van der Waals surface area (Å²) in [7, 11) is 0. The average molecular weight is 342 g/mol. The smallest absolute Gasteiger partial charge is 0.251 e. The molecule has 0 radical (unpaired) electrons. The van der Waals surface area contributed by atoms with Crippen molar-refractivity contribution < 1.29 is 13.9 Å². The maximum atomic E-state index is 12.5. The lowest BCUT2D eigenvalue weighted by Gasteiger charge is -2.33. The summed E-state index contributed by atoms with van der Waals surface area (Å²) in [5.41, 5.74) is 0.614. The topological polar surface area (TPSA) is 54.7 Å². The third-order valence-electron chi connectivity index (χ3n) is 4.57. The van der Waals surface area contributed by atoms with Crippen LogP contribution in [0.1, 0.15) is 48.3 Å². The summed E-state index contributed by atoms with van der Waals surface area (Å²) in [4.78, 5) is 14.9. The number of hydrogen-bond acceptors (Lipinski definition) is 4. The predicted octanol–water partition coefficient (Wildman–Crippen LogP) is 3.64. The molecule has 2 aromatic rings. The summed E-state index contributed by atoms with van der Waals surface area (Å²) < 4.78 is 11.1. The number of carbonyl (C=O) groups excluding carboxylic acids is 1. The maximum Gasteiger partial charge on any atom is 0.251 e. The first-order chi connectivity index (χ1) is 12.3. The monoisotopic (exact) mass is 342 g/mol. The first kappa shape index (κ1) is 17.5. The Balaban J connectivity index is 1.66. The molecular formula is C20H26N2O3. The third kappa shape index (κ3) is 4.63. The SMILES string of the molecule is CCOc1cccc(C(=O)NC[C@@H](c2ccco2)N2CCCCC2)c1. The number of rotatable bonds is 7. The Morgan fingerprint density at radius 2 is 2.08 bits per heavy atom. The van der Waals surface area contributed by atoms with Crippen molar-refractivity contribution in [2.45, 2.75) is 32.2 Å². The third-order valence-corrected chi connectivity index (χ3v) is 4.57. The van der Waals surface area contributed by atoms with Crippen molar-refractivity contribution >= 4 is 5.91 Å². The van der Waals surface area contributed by atoms with Crippen LogP contribution in [0, 0.1) is 0 Å². The van der Waals surface area contributed by atoms with Gasteiger partial charge < -0.3 is 14.5 Å². The van der Waals surface area contributed by atoms with E-state index in [1.165, 1.54) is 19.3 Å². The van der Waals surface area contributed by atoms with Crippen molar-refractivity contribution in [1.29, 1.82) is 0 Å². The molecule has 1 atom stereocenters. The molecule has 1 fully saturated rings. The van der Waals surface area contributed by atoms with E-state index in [-0.39, 0.29) is 11.9 Å². The van der Waals surface area contributed by atoms with E-state index >= 15 is 0 Å². The van der Waals surface area contributed by atoms with Crippen molar-refractivity contribution in [2.75, 3.05) is 26.2 Å². The highest BCUT2D eigenvalue weighted by molar-refractivity contribution is 5.94. The van der Waals surface area contributed by atoms with E-state index in [1.807, 2.05) is 31.2 Å².